The summed E-state index contributed by atoms with van der Waals surface area (Å²) in [5.41, 5.74) is 3.02. The first kappa shape index (κ1) is 22.0. The van der Waals surface area contributed by atoms with E-state index in [1.807, 2.05) is 66.7 Å². The van der Waals surface area contributed by atoms with E-state index in [9.17, 15) is 9.59 Å². The first-order valence-electron chi connectivity index (χ1n) is 10.8. The Balaban J connectivity index is 1.25. The average molecular weight is 407 g/mol. The van der Waals surface area contributed by atoms with Gasteiger partial charge in [-0.05, 0) is 42.0 Å². The van der Waals surface area contributed by atoms with Gasteiger partial charge in [-0.25, -0.2) is 0 Å². The van der Waals surface area contributed by atoms with Gasteiger partial charge in [0.1, 0.15) is 6.61 Å². The molecule has 0 spiro atoms. The third kappa shape index (κ3) is 7.60. The molecule has 0 unspecified atom stereocenters. The first-order chi connectivity index (χ1) is 14.7. The van der Waals surface area contributed by atoms with Crippen LogP contribution >= 0.6 is 0 Å². The fraction of sp³-hybridized carbons (Fsp3) is 0.385. The molecule has 4 nitrogen and oxygen atoms in total. The molecule has 3 rings (SSSR count). The van der Waals surface area contributed by atoms with Crippen molar-refractivity contribution < 1.29 is 19.1 Å². The van der Waals surface area contributed by atoms with Gasteiger partial charge in [0.05, 0.1) is 12.7 Å². The van der Waals surface area contributed by atoms with Crippen molar-refractivity contribution in [3.05, 3.63) is 83.4 Å². The molecule has 4 heteroatoms. The predicted molar refractivity (Wildman–Crippen MR) is 117 cm³/mol. The Kier molecular flexibility index (Phi) is 8.85. The molecule has 0 amide bonds. The molecule has 0 bridgehead atoms. The lowest BCUT2D eigenvalue weighted by atomic mass is 10.0. The number of benzene rings is 2. The SMILES string of the molecule is O=C(CCCCCCC1=C[C@H](OCc2ccccc2)CC1=O)OCc1ccccc1. The fourth-order valence-electron chi connectivity index (χ4n) is 3.55. The summed E-state index contributed by atoms with van der Waals surface area (Å²) < 4.78 is 11.2. The van der Waals surface area contributed by atoms with Gasteiger partial charge in [-0.2, -0.15) is 0 Å². The zero-order valence-corrected chi connectivity index (χ0v) is 17.4. The van der Waals surface area contributed by atoms with Crippen LogP contribution in [0.1, 0.15) is 56.1 Å². The first-order valence-corrected chi connectivity index (χ1v) is 10.8. The van der Waals surface area contributed by atoms with Crippen molar-refractivity contribution in [2.24, 2.45) is 0 Å². The van der Waals surface area contributed by atoms with Gasteiger partial charge in [0, 0.05) is 12.8 Å². The maximum absolute atomic E-state index is 12.2. The summed E-state index contributed by atoms with van der Waals surface area (Å²) >= 11 is 0. The van der Waals surface area contributed by atoms with Gasteiger partial charge in [-0.3, -0.25) is 9.59 Å². The number of hydrogen-bond donors (Lipinski definition) is 0. The summed E-state index contributed by atoms with van der Waals surface area (Å²) in [5, 5.41) is 0. The number of Topliss-reactive ketones (excluding diaryl/α,β-unsaturated/α-hetero) is 1. The minimum atomic E-state index is -0.147. The molecule has 0 radical (unpaired) electrons. The van der Waals surface area contributed by atoms with Gasteiger partial charge >= 0.3 is 5.97 Å². The Morgan fingerprint density at radius 1 is 0.833 bits per heavy atom. The van der Waals surface area contributed by atoms with Crippen LogP contribution in [0, 0.1) is 0 Å². The molecule has 0 fully saturated rings. The largest absolute Gasteiger partial charge is 0.461 e. The Labute approximate surface area is 178 Å². The second-order valence-corrected chi connectivity index (χ2v) is 7.71. The van der Waals surface area contributed by atoms with Crippen LogP contribution in [0.3, 0.4) is 0 Å². The van der Waals surface area contributed by atoms with E-state index in [4.69, 9.17) is 9.47 Å². The van der Waals surface area contributed by atoms with Gasteiger partial charge in [0.25, 0.3) is 0 Å². The molecule has 30 heavy (non-hydrogen) atoms. The molecule has 1 aliphatic carbocycles. The van der Waals surface area contributed by atoms with E-state index in [1.165, 1.54) is 0 Å². The third-order valence-corrected chi connectivity index (χ3v) is 5.26. The minimum absolute atomic E-state index is 0.105. The van der Waals surface area contributed by atoms with Crippen LogP contribution in [-0.2, 0) is 32.3 Å². The third-order valence-electron chi connectivity index (χ3n) is 5.26. The van der Waals surface area contributed by atoms with Crippen LogP contribution in [0.2, 0.25) is 0 Å². The molecular formula is C26H30O4. The van der Waals surface area contributed by atoms with Gasteiger partial charge in [0.2, 0.25) is 0 Å². The van der Waals surface area contributed by atoms with Crippen LogP contribution in [0.4, 0.5) is 0 Å². The summed E-state index contributed by atoms with van der Waals surface area (Å²) in [6.45, 7) is 0.867. The second kappa shape index (κ2) is 12.1. The van der Waals surface area contributed by atoms with E-state index in [1.54, 1.807) is 0 Å². The Hall–Kier alpha value is -2.72. The average Bonchev–Trinajstić information content (AvgIpc) is 3.14. The standard InChI is InChI=1S/C26H30O4/c27-25-18-24(29-19-21-11-5-3-6-12-21)17-23(25)15-9-1-2-10-16-26(28)30-20-22-13-7-4-8-14-22/h3-8,11-14,17,24H,1-2,9-10,15-16,18-20H2/t24-/m0/s1. The molecule has 0 aromatic heterocycles. The highest BCUT2D eigenvalue weighted by molar-refractivity contribution is 5.98. The van der Waals surface area contributed by atoms with Crippen LogP contribution in [0.15, 0.2) is 72.3 Å². The van der Waals surface area contributed by atoms with Crippen molar-refractivity contribution in [1.29, 1.82) is 0 Å². The summed E-state index contributed by atoms with van der Waals surface area (Å²) in [5.74, 6) is 0.0588. The van der Waals surface area contributed by atoms with Crippen molar-refractivity contribution in [2.45, 2.75) is 64.3 Å². The number of allylic oxidation sites excluding steroid dienone is 1. The van der Waals surface area contributed by atoms with Crippen LogP contribution in [0.25, 0.3) is 0 Å². The monoisotopic (exact) mass is 406 g/mol. The quantitative estimate of drug-likeness (QED) is 0.342. The van der Waals surface area contributed by atoms with Crippen molar-refractivity contribution in [1.82, 2.24) is 0 Å². The molecule has 1 atom stereocenters. The molecule has 158 valence electrons. The number of esters is 1. The van der Waals surface area contributed by atoms with Crippen LogP contribution < -0.4 is 0 Å². The van der Waals surface area contributed by atoms with Crippen LogP contribution in [0.5, 0.6) is 0 Å². The number of ether oxygens (including phenoxy) is 2. The van der Waals surface area contributed by atoms with Gasteiger partial charge in [-0.15, -0.1) is 0 Å². The normalized spacial score (nSPS) is 15.8. The summed E-state index contributed by atoms with van der Waals surface area (Å²) in [6, 6.07) is 19.7. The topological polar surface area (TPSA) is 52.6 Å². The number of hydrogen-bond acceptors (Lipinski definition) is 4. The van der Waals surface area contributed by atoms with E-state index in [0.29, 0.717) is 26.1 Å². The number of carbonyl (C=O) groups is 2. The minimum Gasteiger partial charge on any atom is -0.461 e. The Bertz CT molecular complexity index is 827. The van der Waals surface area contributed by atoms with Gasteiger partial charge in [0.15, 0.2) is 5.78 Å². The smallest absolute Gasteiger partial charge is 0.306 e. The second-order valence-electron chi connectivity index (χ2n) is 7.71. The summed E-state index contributed by atoms with van der Waals surface area (Å²) in [4.78, 5) is 24.0. The highest BCUT2D eigenvalue weighted by atomic mass is 16.5. The highest BCUT2D eigenvalue weighted by Gasteiger charge is 2.23. The molecule has 2 aromatic carbocycles. The lowest BCUT2D eigenvalue weighted by Crippen LogP contribution is -2.08. The number of rotatable bonds is 12. The molecule has 0 saturated carbocycles. The van der Waals surface area contributed by atoms with Crippen molar-refractivity contribution >= 4 is 11.8 Å². The van der Waals surface area contributed by atoms with Crippen molar-refractivity contribution in [2.75, 3.05) is 0 Å². The van der Waals surface area contributed by atoms with E-state index in [-0.39, 0.29) is 17.9 Å². The lowest BCUT2D eigenvalue weighted by Gasteiger charge is -2.08. The maximum Gasteiger partial charge on any atom is 0.306 e. The molecule has 0 N–H and O–H groups in total. The van der Waals surface area contributed by atoms with E-state index in [2.05, 4.69) is 0 Å². The van der Waals surface area contributed by atoms with Gasteiger partial charge < -0.3 is 9.47 Å². The molecule has 0 heterocycles. The molecule has 2 aromatic rings. The predicted octanol–water partition coefficient (Wildman–Crippen LogP) is 5.56. The van der Waals surface area contributed by atoms with E-state index < -0.39 is 0 Å². The number of carbonyl (C=O) groups excluding carboxylic acids is 2. The Morgan fingerprint density at radius 3 is 2.17 bits per heavy atom. The lowest BCUT2D eigenvalue weighted by molar-refractivity contribution is -0.145. The fourth-order valence-corrected chi connectivity index (χ4v) is 3.55. The zero-order valence-electron chi connectivity index (χ0n) is 17.4. The van der Waals surface area contributed by atoms with Crippen molar-refractivity contribution in [3.8, 4) is 0 Å². The maximum atomic E-state index is 12.2. The molecule has 0 aliphatic heterocycles. The van der Waals surface area contributed by atoms with Crippen molar-refractivity contribution in [3.63, 3.8) is 0 Å². The number of unbranched alkanes of at least 4 members (excludes halogenated alkanes) is 3. The Morgan fingerprint density at radius 2 is 1.47 bits per heavy atom. The molecule has 1 aliphatic rings. The molecule has 0 saturated heterocycles. The van der Waals surface area contributed by atoms with E-state index in [0.717, 1.165) is 48.8 Å². The summed E-state index contributed by atoms with van der Waals surface area (Å²) in [6.07, 6.45) is 7.34. The molecular weight excluding hydrogens is 376 g/mol. The van der Waals surface area contributed by atoms with Crippen LogP contribution in [-0.4, -0.2) is 17.9 Å². The number of ketones is 1. The zero-order chi connectivity index (χ0) is 21.0. The van der Waals surface area contributed by atoms with Gasteiger partial charge in [-0.1, -0.05) is 73.5 Å². The van der Waals surface area contributed by atoms with E-state index >= 15 is 0 Å². The summed E-state index contributed by atoms with van der Waals surface area (Å²) in [7, 11) is 0. The highest BCUT2D eigenvalue weighted by Crippen LogP contribution is 2.23.